The topological polar surface area (TPSA) is 68.7 Å². The Hall–Kier alpha value is -3.71. The second kappa shape index (κ2) is 10.9. The van der Waals surface area contributed by atoms with Crippen molar-refractivity contribution < 1.29 is 14.3 Å². The third-order valence-electron chi connectivity index (χ3n) is 6.69. The molecule has 1 aliphatic carbocycles. The van der Waals surface area contributed by atoms with Crippen LogP contribution in [0.3, 0.4) is 0 Å². The van der Waals surface area contributed by atoms with Crippen molar-refractivity contribution in [2.24, 2.45) is 0 Å². The Labute approximate surface area is 216 Å². The first-order valence-corrected chi connectivity index (χ1v) is 12.8. The summed E-state index contributed by atoms with van der Waals surface area (Å²) in [6, 6.07) is 17.6. The van der Waals surface area contributed by atoms with E-state index in [4.69, 9.17) is 16.6 Å². The molecule has 0 amide bonds. The number of benzene rings is 3. The zero-order valence-electron chi connectivity index (χ0n) is 21.2. The Morgan fingerprint density at radius 1 is 1.00 bits per heavy atom. The number of carboxylic acids is 1. The number of carboxylic acid groups (broad SMARTS) is 1. The highest BCUT2D eigenvalue weighted by Gasteiger charge is 2.23. The molecule has 2 aromatic rings. The molecule has 6 nitrogen and oxygen atoms in total. The number of anilines is 2. The molecule has 0 saturated carbocycles. The number of thiocarbonyl (C=S) groups is 1. The Balaban J connectivity index is 2.12. The van der Waals surface area contributed by atoms with E-state index in [0.717, 1.165) is 65.1 Å². The molecule has 0 bridgehead atoms. The minimum absolute atomic E-state index is 0.200. The fourth-order valence-corrected chi connectivity index (χ4v) is 4.96. The summed E-state index contributed by atoms with van der Waals surface area (Å²) in [6.07, 6.45) is 0. The minimum Gasteiger partial charge on any atom is -0.478 e. The van der Waals surface area contributed by atoms with Gasteiger partial charge in [-0.3, -0.25) is 0 Å². The van der Waals surface area contributed by atoms with E-state index in [9.17, 15) is 9.90 Å². The van der Waals surface area contributed by atoms with Crippen LogP contribution in [0.15, 0.2) is 59.0 Å². The van der Waals surface area contributed by atoms with E-state index in [2.05, 4.69) is 66.8 Å². The van der Waals surface area contributed by atoms with E-state index in [0.29, 0.717) is 11.3 Å². The fraction of sp³-hybridized carbons (Fsp3) is 0.276. The van der Waals surface area contributed by atoms with Crippen molar-refractivity contribution in [2.75, 3.05) is 36.4 Å². The van der Waals surface area contributed by atoms with Crippen LogP contribution in [-0.4, -0.2) is 42.7 Å². The van der Waals surface area contributed by atoms with Gasteiger partial charge in [0, 0.05) is 53.1 Å². The first-order valence-electron chi connectivity index (χ1n) is 12.4. The molecular formula is C29H32N3O3S+. The highest BCUT2D eigenvalue weighted by molar-refractivity contribution is 7.79. The van der Waals surface area contributed by atoms with Crippen LogP contribution in [0.25, 0.3) is 33.4 Å². The minimum atomic E-state index is -1.00. The number of hydrogen-bond donors (Lipinski definition) is 2. The average molecular weight is 503 g/mol. The summed E-state index contributed by atoms with van der Waals surface area (Å²) >= 11 is 4.90. The van der Waals surface area contributed by atoms with Gasteiger partial charge in [-0.2, -0.15) is 0 Å². The zero-order valence-corrected chi connectivity index (χ0v) is 22.0. The molecule has 186 valence electrons. The summed E-state index contributed by atoms with van der Waals surface area (Å²) in [5.41, 5.74) is 6.34. The van der Waals surface area contributed by atoms with E-state index in [-0.39, 0.29) is 5.56 Å². The molecule has 2 aliphatic rings. The Bertz CT molecular complexity index is 1460. The molecule has 2 N–H and O–H groups in total. The van der Waals surface area contributed by atoms with Gasteiger partial charge in [0.05, 0.1) is 17.1 Å². The second-order valence-electron chi connectivity index (χ2n) is 8.51. The standard InChI is InChI=1S/C29H31N3O3S/c1-5-31(6-2)20-10-13-23-26(16-20)35-27-17-21(32(7-3)8-4)11-14-24(27)28(23)22-12-9-19(30-18-36)15-25(22)29(33)34/h9-18H,5-8H2,1-4H3,(H,33,34)/p+1. The van der Waals surface area contributed by atoms with E-state index < -0.39 is 5.97 Å². The maximum absolute atomic E-state index is 12.4. The van der Waals surface area contributed by atoms with Crippen LogP contribution >= 0.6 is 12.2 Å². The number of fused-ring (bicyclic) bond motifs is 2. The lowest BCUT2D eigenvalue weighted by Crippen LogP contribution is -2.29. The molecule has 1 heterocycles. The van der Waals surface area contributed by atoms with Gasteiger partial charge < -0.3 is 19.7 Å². The Morgan fingerprint density at radius 3 is 2.36 bits per heavy atom. The molecule has 4 rings (SSSR count). The van der Waals surface area contributed by atoms with E-state index >= 15 is 0 Å². The summed E-state index contributed by atoms with van der Waals surface area (Å²) in [5, 5.41) is 15.0. The maximum Gasteiger partial charge on any atom is 0.336 e. The lowest BCUT2D eigenvalue weighted by molar-refractivity contribution is 0.0698. The van der Waals surface area contributed by atoms with E-state index in [1.165, 1.54) is 5.49 Å². The second-order valence-corrected chi connectivity index (χ2v) is 8.75. The van der Waals surface area contributed by atoms with Gasteiger partial charge in [-0.25, -0.2) is 9.37 Å². The first kappa shape index (κ1) is 25.4. The number of aromatic carboxylic acids is 1. The van der Waals surface area contributed by atoms with Crippen LogP contribution in [0.4, 0.5) is 11.4 Å². The van der Waals surface area contributed by atoms with E-state index in [1.807, 2.05) is 24.3 Å². The molecule has 0 saturated heterocycles. The molecule has 0 spiro atoms. The maximum atomic E-state index is 12.4. The fourth-order valence-electron chi connectivity index (χ4n) is 4.83. The molecule has 1 aliphatic heterocycles. The molecule has 0 aromatic heterocycles. The van der Waals surface area contributed by atoms with Crippen LogP contribution in [0.5, 0.6) is 0 Å². The Kier molecular flexibility index (Phi) is 7.70. The van der Waals surface area contributed by atoms with Gasteiger partial charge in [0.2, 0.25) is 5.36 Å². The van der Waals surface area contributed by atoms with Crippen LogP contribution < -0.4 is 20.1 Å². The molecule has 7 heteroatoms. The summed E-state index contributed by atoms with van der Waals surface area (Å²) in [6.45, 7) is 12.0. The van der Waals surface area contributed by atoms with Crippen LogP contribution in [0, 0.1) is 0 Å². The number of carbonyl (C=O) groups is 1. The van der Waals surface area contributed by atoms with Gasteiger partial charge in [0.1, 0.15) is 24.4 Å². The van der Waals surface area contributed by atoms with Gasteiger partial charge in [-0.15, -0.1) is 0 Å². The molecule has 0 atom stereocenters. The highest BCUT2D eigenvalue weighted by Crippen LogP contribution is 2.42. The predicted octanol–water partition coefficient (Wildman–Crippen LogP) is 5.93. The van der Waals surface area contributed by atoms with Crippen LogP contribution in [0.1, 0.15) is 38.1 Å². The quantitative estimate of drug-likeness (QED) is 0.168. The smallest absolute Gasteiger partial charge is 0.336 e. The van der Waals surface area contributed by atoms with Crippen molar-refractivity contribution >= 4 is 46.0 Å². The molecular weight excluding hydrogens is 470 g/mol. The number of rotatable bonds is 9. The predicted molar refractivity (Wildman–Crippen MR) is 152 cm³/mol. The molecule has 2 aromatic carbocycles. The van der Waals surface area contributed by atoms with Gasteiger partial charge in [0.15, 0.2) is 0 Å². The number of nitrogens with zero attached hydrogens (tertiary/aromatic N) is 2. The average Bonchev–Trinajstić information content (AvgIpc) is 2.89. The van der Waals surface area contributed by atoms with Gasteiger partial charge >= 0.3 is 5.97 Å². The molecule has 36 heavy (non-hydrogen) atoms. The van der Waals surface area contributed by atoms with Crippen molar-refractivity contribution in [1.82, 2.24) is 4.58 Å². The number of nitrogens with one attached hydrogen (secondary N) is 1. The van der Waals surface area contributed by atoms with Crippen LogP contribution in [0.2, 0.25) is 0 Å². The van der Waals surface area contributed by atoms with E-state index in [1.54, 1.807) is 6.07 Å². The molecule has 0 fully saturated rings. The normalized spacial score (nSPS) is 11.0. The summed E-state index contributed by atoms with van der Waals surface area (Å²) in [5.74, 6) is -0.282. The van der Waals surface area contributed by atoms with Crippen molar-refractivity contribution in [1.29, 1.82) is 0 Å². The van der Waals surface area contributed by atoms with Crippen molar-refractivity contribution in [3.05, 3.63) is 65.5 Å². The van der Waals surface area contributed by atoms with Crippen molar-refractivity contribution in [3.63, 3.8) is 0 Å². The third-order valence-corrected chi connectivity index (χ3v) is 6.81. The summed E-state index contributed by atoms with van der Waals surface area (Å²) in [4.78, 5) is 14.6. The summed E-state index contributed by atoms with van der Waals surface area (Å²) in [7, 11) is 0. The lowest BCUT2D eigenvalue weighted by Gasteiger charge is -2.22. The van der Waals surface area contributed by atoms with Crippen LogP contribution in [-0.2, 0) is 0 Å². The van der Waals surface area contributed by atoms with Crippen molar-refractivity contribution in [3.8, 4) is 22.5 Å². The molecule has 0 unspecified atom stereocenters. The highest BCUT2D eigenvalue weighted by atomic mass is 32.1. The largest absolute Gasteiger partial charge is 0.478 e. The van der Waals surface area contributed by atoms with Crippen molar-refractivity contribution in [2.45, 2.75) is 27.7 Å². The first-order chi connectivity index (χ1) is 17.4. The Morgan fingerprint density at radius 2 is 1.72 bits per heavy atom. The van der Waals surface area contributed by atoms with Gasteiger partial charge in [-0.1, -0.05) is 18.3 Å². The number of hydrogen-bond acceptors (Lipinski definition) is 4. The molecule has 0 radical (unpaired) electrons. The summed E-state index contributed by atoms with van der Waals surface area (Å²) < 4.78 is 8.76. The monoisotopic (exact) mass is 502 g/mol. The van der Waals surface area contributed by atoms with Gasteiger partial charge in [0.25, 0.3) is 0 Å². The van der Waals surface area contributed by atoms with Gasteiger partial charge in [-0.05, 0) is 63.6 Å². The lowest BCUT2D eigenvalue weighted by atomic mass is 9.90. The zero-order chi connectivity index (χ0) is 25.8. The third kappa shape index (κ3) is 4.71. The SMILES string of the molecule is CCN(CC)c1ccc2c(-c3ccc(NC=S)cc3C(=O)O)c3ccc(=[N+](CC)CC)cc-3oc2c1.